The van der Waals surface area contributed by atoms with E-state index in [-0.39, 0.29) is 23.4 Å². The molecule has 2 rings (SSSR count). The van der Waals surface area contributed by atoms with Gasteiger partial charge in [-0.3, -0.25) is 9.59 Å². The molecule has 0 aliphatic carbocycles. The van der Waals surface area contributed by atoms with Crippen LogP contribution in [-0.2, 0) is 9.59 Å². The highest BCUT2D eigenvalue weighted by Gasteiger charge is 2.21. The minimum atomic E-state index is -0.465. The van der Waals surface area contributed by atoms with Gasteiger partial charge >= 0.3 is 0 Å². The number of benzene rings is 1. The van der Waals surface area contributed by atoms with Crippen molar-refractivity contribution in [3.63, 3.8) is 0 Å². The molecule has 122 valence electrons. The number of carbonyl (C=O) groups is 2. The first kappa shape index (κ1) is 17.1. The maximum atomic E-state index is 12.0. The van der Waals surface area contributed by atoms with E-state index < -0.39 is 6.04 Å². The average Bonchev–Trinajstić information content (AvgIpc) is 2.99. The van der Waals surface area contributed by atoms with E-state index >= 15 is 0 Å². The molecule has 0 bridgehead atoms. The summed E-state index contributed by atoms with van der Waals surface area (Å²) < 4.78 is 1.57. The Balaban J connectivity index is 1.98. The zero-order chi connectivity index (χ0) is 16.8. The number of tetrazole rings is 1. The summed E-state index contributed by atoms with van der Waals surface area (Å²) >= 11 is 1.23. The zero-order valence-electron chi connectivity index (χ0n) is 13.3. The number of ketones is 1. The van der Waals surface area contributed by atoms with Crippen molar-refractivity contribution in [2.75, 3.05) is 5.75 Å². The predicted octanol–water partition coefficient (Wildman–Crippen LogP) is 1.48. The van der Waals surface area contributed by atoms with Crippen LogP contribution in [0.15, 0.2) is 35.5 Å². The van der Waals surface area contributed by atoms with Crippen LogP contribution in [0.1, 0.15) is 20.8 Å². The number of aromatic nitrogens is 4. The monoisotopic (exact) mass is 333 g/mol. The molecule has 0 saturated heterocycles. The second kappa shape index (κ2) is 7.87. The van der Waals surface area contributed by atoms with Crippen molar-refractivity contribution in [2.45, 2.75) is 32.0 Å². The standard InChI is InChI=1S/C15H19N5O2S/c1-10(2)14(11(3)21)16-13(22)9-23-15-17-18-19-20(15)12-7-5-4-6-8-12/h4-8,10,14H,9H2,1-3H3,(H,16,22). The molecule has 0 spiro atoms. The van der Waals surface area contributed by atoms with E-state index in [4.69, 9.17) is 0 Å². The molecule has 1 aromatic heterocycles. The molecule has 0 saturated carbocycles. The van der Waals surface area contributed by atoms with Crippen LogP contribution in [0.4, 0.5) is 0 Å². The van der Waals surface area contributed by atoms with E-state index in [2.05, 4.69) is 20.8 Å². The fourth-order valence-corrected chi connectivity index (χ4v) is 2.79. The fraction of sp³-hybridized carbons (Fsp3) is 0.400. The SMILES string of the molecule is CC(=O)C(NC(=O)CSc1nnnn1-c1ccccc1)C(C)C. The van der Waals surface area contributed by atoms with Gasteiger partial charge in [0.15, 0.2) is 5.78 Å². The lowest BCUT2D eigenvalue weighted by molar-refractivity contribution is -0.126. The predicted molar refractivity (Wildman–Crippen MR) is 87.3 cm³/mol. The van der Waals surface area contributed by atoms with E-state index in [1.54, 1.807) is 4.68 Å². The molecular weight excluding hydrogens is 314 g/mol. The summed E-state index contributed by atoms with van der Waals surface area (Å²) in [4.78, 5) is 23.6. The zero-order valence-corrected chi connectivity index (χ0v) is 14.1. The Kier molecular flexibility index (Phi) is 5.86. The van der Waals surface area contributed by atoms with Gasteiger partial charge in [0, 0.05) is 0 Å². The summed E-state index contributed by atoms with van der Waals surface area (Å²) in [5.74, 6) is -0.0703. The fourth-order valence-electron chi connectivity index (χ4n) is 2.08. The van der Waals surface area contributed by atoms with Crippen LogP contribution in [0, 0.1) is 5.92 Å². The molecule has 2 aromatic rings. The van der Waals surface area contributed by atoms with E-state index in [0.29, 0.717) is 5.16 Å². The number of rotatable bonds is 7. The van der Waals surface area contributed by atoms with Crippen molar-refractivity contribution in [3.8, 4) is 5.69 Å². The molecule has 1 N–H and O–H groups in total. The number of carbonyl (C=O) groups excluding carboxylic acids is 2. The van der Waals surface area contributed by atoms with E-state index in [0.717, 1.165) is 5.69 Å². The second-order valence-electron chi connectivity index (χ2n) is 5.40. The Morgan fingerprint density at radius 1 is 1.26 bits per heavy atom. The number of para-hydroxylation sites is 1. The molecule has 1 atom stereocenters. The van der Waals surface area contributed by atoms with Crippen LogP contribution in [0.5, 0.6) is 0 Å². The first-order chi connectivity index (χ1) is 11.0. The molecule has 7 nitrogen and oxygen atoms in total. The molecule has 1 aromatic carbocycles. The van der Waals surface area contributed by atoms with Crippen molar-refractivity contribution in [2.24, 2.45) is 5.92 Å². The van der Waals surface area contributed by atoms with Gasteiger partial charge in [-0.15, -0.1) is 5.10 Å². The molecule has 0 radical (unpaired) electrons. The first-order valence-electron chi connectivity index (χ1n) is 7.25. The van der Waals surface area contributed by atoms with Gasteiger partial charge in [0.25, 0.3) is 0 Å². The van der Waals surface area contributed by atoms with E-state index in [1.165, 1.54) is 18.7 Å². The van der Waals surface area contributed by atoms with Crippen LogP contribution in [0.2, 0.25) is 0 Å². The first-order valence-corrected chi connectivity index (χ1v) is 8.24. The van der Waals surface area contributed by atoms with Crippen LogP contribution in [0.25, 0.3) is 5.69 Å². The maximum absolute atomic E-state index is 12.0. The summed E-state index contributed by atoms with van der Waals surface area (Å²) in [7, 11) is 0. The lowest BCUT2D eigenvalue weighted by Crippen LogP contribution is -2.44. The molecule has 8 heteroatoms. The summed E-state index contributed by atoms with van der Waals surface area (Å²) in [5, 5.41) is 14.8. The van der Waals surface area contributed by atoms with Crippen LogP contribution in [0.3, 0.4) is 0 Å². The second-order valence-corrected chi connectivity index (χ2v) is 6.34. The maximum Gasteiger partial charge on any atom is 0.231 e. The lowest BCUT2D eigenvalue weighted by atomic mass is 10.0. The number of nitrogens with one attached hydrogen (secondary N) is 1. The van der Waals surface area contributed by atoms with Crippen molar-refractivity contribution < 1.29 is 9.59 Å². The number of amides is 1. The third-order valence-electron chi connectivity index (χ3n) is 3.20. The molecule has 0 aliphatic heterocycles. The van der Waals surface area contributed by atoms with Gasteiger partial charge in [-0.25, -0.2) is 0 Å². The van der Waals surface area contributed by atoms with Gasteiger partial charge in [-0.2, -0.15) is 4.68 Å². The van der Waals surface area contributed by atoms with Crippen molar-refractivity contribution in [3.05, 3.63) is 30.3 Å². The molecule has 0 fully saturated rings. The third-order valence-corrected chi connectivity index (χ3v) is 4.11. The molecule has 0 aliphatic rings. The van der Waals surface area contributed by atoms with Gasteiger partial charge in [0.2, 0.25) is 11.1 Å². The van der Waals surface area contributed by atoms with Crippen LogP contribution in [-0.4, -0.2) is 43.7 Å². The molecule has 1 unspecified atom stereocenters. The van der Waals surface area contributed by atoms with Gasteiger partial charge in [-0.05, 0) is 35.4 Å². The molecular formula is C15H19N5O2S. The highest BCUT2D eigenvalue weighted by Crippen LogP contribution is 2.17. The average molecular weight is 333 g/mol. The Hall–Kier alpha value is -2.22. The highest BCUT2D eigenvalue weighted by atomic mass is 32.2. The normalized spacial score (nSPS) is 12.2. The quantitative estimate of drug-likeness (QED) is 0.772. The summed E-state index contributed by atoms with van der Waals surface area (Å²) in [5.41, 5.74) is 0.823. The number of nitrogens with zero attached hydrogens (tertiary/aromatic N) is 4. The highest BCUT2D eigenvalue weighted by molar-refractivity contribution is 7.99. The Labute approximate surface area is 138 Å². The van der Waals surface area contributed by atoms with E-state index in [9.17, 15) is 9.59 Å². The largest absolute Gasteiger partial charge is 0.345 e. The topological polar surface area (TPSA) is 89.8 Å². The Bertz CT molecular complexity index is 672. The number of Topliss-reactive ketones (excluding diaryl/α,β-unsaturated/α-hetero) is 1. The Morgan fingerprint density at radius 3 is 2.57 bits per heavy atom. The minimum absolute atomic E-state index is 0.0486. The molecule has 1 heterocycles. The lowest BCUT2D eigenvalue weighted by Gasteiger charge is -2.19. The van der Waals surface area contributed by atoms with Crippen molar-refractivity contribution >= 4 is 23.5 Å². The smallest absolute Gasteiger partial charge is 0.231 e. The van der Waals surface area contributed by atoms with Gasteiger partial charge < -0.3 is 5.32 Å². The number of hydrogen-bond acceptors (Lipinski definition) is 6. The van der Waals surface area contributed by atoms with Gasteiger partial charge in [0.1, 0.15) is 0 Å². The summed E-state index contributed by atoms with van der Waals surface area (Å²) in [6, 6.07) is 8.97. The van der Waals surface area contributed by atoms with E-state index in [1.807, 2.05) is 44.2 Å². The van der Waals surface area contributed by atoms with Crippen LogP contribution < -0.4 is 5.32 Å². The minimum Gasteiger partial charge on any atom is -0.345 e. The number of thioether (sulfide) groups is 1. The van der Waals surface area contributed by atoms with Crippen molar-refractivity contribution in [1.29, 1.82) is 0 Å². The molecule has 1 amide bonds. The van der Waals surface area contributed by atoms with Crippen molar-refractivity contribution in [1.82, 2.24) is 25.5 Å². The number of hydrogen-bond donors (Lipinski definition) is 1. The van der Waals surface area contributed by atoms with Crippen LogP contribution >= 0.6 is 11.8 Å². The van der Waals surface area contributed by atoms with Gasteiger partial charge in [0.05, 0.1) is 17.5 Å². The van der Waals surface area contributed by atoms with Gasteiger partial charge in [-0.1, -0.05) is 43.8 Å². The Morgan fingerprint density at radius 2 is 1.96 bits per heavy atom. The third kappa shape index (κ3) is 4.62. The molecule has 23 heavy (non-hydrogen) atoms. The summed E-state index contributed by atoms with van der Waals surface area (Å²) in [6.45, 7) is 5.28. The summed E-state index contributed by atoms with van der Waals surface area (Å²) in [6.07, 6.45) is 0.